The van der Waals surface area contributed by atoms with E-state index in [1.165, 1.54) is 0 Å². The van der Waals surface area contributed by atoms with Crippen LogP contribution >= 0.6 is 0 Å². The lowest BCUT2D eigenvalue weighted by Gasteiger charge is -2.23. The van der Waals surface area contributed by atoms with Crippen molar-refractivity contribution in [1.29, 1.82) is 10.5 Å². The van der Waals surface area contributed by atoms with Gasteiger partial charge in [-0.05, 0) is 43.1 Å². The Hall–Kier alpha value is -3.96. The summed E-state index contributed by atoms with van der Waals surface area (Å²) < 4.78 is 31.7. The first-order chi connectivity index (χ1) is 16.1. The number of benzene rings is 1. The quantitative estimate of drug-likeness (QED) is 0.607. The molecule has 3 N–H and O–H groups in total. The molecular formula is C23H22F3N5O3. The topological polar surface area (TPSA) is 139 Å². The second-order valence-corrected chi connectivity index (χ2v) is 7.44. The Kier molecular flexibility index (Phi) is 9.53. The van der Waals surface area contributed by atoms with E-state index in [2.05, 4.69) is 27.8 Å². The smallest absolute Gasteiger partial charge is 0.475 e. The van der Waals surface area contributed by atoms with Gasteiger partial charge in [0, 0.05) is 18.2 Å². The van der Waals surface area contributed by atoms with Gasteiger partial charge in [-0.25, -0.2) is 4.79 Å². The SMILES string of the molecule is N#Cc1ccc(-c2ccc(C[C@@H](C#N)NC(=O)[C@@H]3CCCCN3)cn2)cc1.O=C(O)C(F)(F)F. The molecule has 0 bridgehead atoms. The van der Waals surface area contributed by atoms with Crippen molar-refractivity contribution in [1.82, 2.24) is 15.6 Å². The summed E-state index contributed by atoms with van der Waals surface area (Å²) in [6.45, 7) is 0.843. The maximum absolute atomic E-state index is 12.3. The molecular weight excluding hydrogens is 451 g/mol. The van der Waals surface area contributed by atoms with E-state index in [4.69, 9.17) is 15.2 Å². The first kappa shape index (κ1) is 26.3. The van der Waals surface area contributed by atoms with Crippen LogP contribution in [0.2, 0.25) is 0 Å². The third kappa shape index (κ3) is 8.19. The maximum atomic E-state index is 12.3. The number of hydrogen-bond donors (Lipinski definition) is 3. The molecule has 1 fully saturated rings. The zero-order chi connectivity index (χ0) is 25.1. The lowest BCUT2D eigenvalue weighted by atomic mass is 10.0. The van der Waals surface area contributed by atoms with Crippen LogP contribution in [0.25, 0.3) is 11.3 Å². The molecule has 1 aromatic heterocycles. The van der Waals surface area contributed by atoms with E-state index >= 15 is 0 Å². The first-order valence-corrected chi connectivity index (χ1v) is 10.3. The number of carboxylic acids is 1. The number of piperidine rings is 1. The summed E-state index contributed by atoms with van der Waals surface area (Å²) in [5, 5.41) is 31.4. The van der Waals surface area contributed by atoms with Crippen LogP contribution in [0.15, 0.2) is 42.6 Å². The van der Waals surface area contributed by atoms with Gasteiger partial charge in [0.2, 0.25) is 5.91 Å². The monoisotopic (exact) mass is 473 g/mol. The van der Waals surface area contributed by atoms with E-state index in [9.17, 15) is 23.2 Å². The number of carbonyl (C=O) groups excluding carboxylic acids is 1. The molecule has 11 heteroatoms. The number of nitrogens with zero attached hydrogens (tertiary/aromatic N) is 3. The van der Waals surface area contributed by atoms with Gasteiger partial charge in [-0.1, -0.05) is 24.6 Å². The molecule has 2 heterocycles. The molecule has 0 saturated carbocycles. The van der Waals surface area contributed by atoms with Crippen molar-refractivity contribution in [3.05, 3.63) is 53.7 Å². The summed E-state index contributed by atoms with van der Waals surface area (Å²) in [6, 6.07) is 14.5. The number of carbonyl (C=O) groups is 2. The largest absolute Gasteiger partial charge is 0.490 e. The van der Waals surface area contributed by atoms with Gasteiger partial charge in [-0.3, -0.25) is 9.78 Å². The van der Waals surface area contributed by atoms with Crippen molar-refractivity contribution in [2.45, 2.75) is 43.9 Å². The van der Waals surface area contributed by atoms with Crippen molar-refractivity contribution < 1.29 is 27.9 Å². The summed E-state index contributed by atoms with van der Waals surface area (Å²) in [5.41, 5.74) is 3.22. The van der Waals surface area contributed by atoms with Crippen molar-refractivity contribution in [3.8, 4) is 23.4 Å². The molecule has 0 aliphatic carbocycles. The number of hydrogen-bond acceptors (Lipinski definition) is 6. The number of aliphatic carboxylic acids is 1. The Bertz CT molecular complexity index is 1050. The number of nitriles is 2. The summed E-state index contributed by atoms with van der Waals surface area (Å²) in [4.78, 5) is 25.6. The highest BCUT2D eigenvalue weighted by molar-refractivity contribution is 5.82. The zero-order valence-electron chi connectivity index (χ0n) is 18.0. The first-order valence-electron chi connectivity index (χ1n) is 10.3. The van der Waals surface area contributed by atoms with Crippen LogP contribution in [0.3, 0.4) is 0 Å². The molecule has 178 valence electrons. The van der Waals surface area contributed by atoms with E-state index in [0.29, 0.717) is 12.0 Å². The predicted octanol–water partition coefficient (Wildman–Crippen LogP) is 2.95. The number of carboxylic acid groups (broad SMARTS) is 1. The Morgan fingerprint density at radius 2 is 1.85 bits per heavy atom. The third-order valence-electron chi connectivity index (χ3n) is 4.92. The van der Waals surface area contributed by atoms with Gasteiger partial charge in [-0.2, -0.15) is 23.7 Å². The van der Waals surface area contributed by atoms with Gasteiger partial charge in [0.05, 0.1) is 29.4 Å². The average molecular weight is 473 g/mol. The molecule has 0 radical (unpaired) electrons. The van der Waals surface area contributed by atoms with Crippen molar-refractivity contribution in [2.75, 3.05) is 6.54 Å². The van der Waals surface area contributed by atoms with Crippen LogP contribution in [0, 0.1) is 22.7 Å². The fraction of sp³-hybridized carbons (Fsp3) is 0.348. The molecule has 1 aliphatic rings. The number of alkyl halides is 3. The summed E-state index contributed by atoms with van der Waals surface area (Å²) in [5.74, 6) is -2.86. The Labute approximate surface area is 194 Å². The normalized spacial score (nSPS) is 16.1. The molecule has 0 spiro atoms. The standard InChI is InChI=1S/C21H21N5O.C2HF3O2/c22-12-15-4-7-17(8-5-15)19-9-6-16(14-25-19)11-18(13-23)26-21(27)20-3-1-2-10-24-20;3-2(4,5)1(6)7/h4-9,14,18,20,24H,1-3,10-11H2,(H,26,27);(H,6,7)/t18-,20-;/m0./s1. The van der Waals surface area contributed by atoms with E-state index in [1.807, 2.05) is 24.3 Å². The molecule has 1 saturated heterocycles. The molecule has 2 aromatic rings. The number of aromatic nitrogens is 1. The Morgan fingerprint density at radius 1 is 1.18 bits per heavy atom. The summed E-state index contributed by atoms with van der Waals surface area (Å²) >= 11 is 0. The number of rotatable bonds is 5. The zero-order valence-corrected chi connectivity index (χ0v) is 18.0. The minimum Gasteiger partial charge on any atom is -0.475 e. The fourth-order valence-corrected chi connectivity index (χ4v) is 3.14. The van der Waals surface area contributed by atoms with E-state index < -0.39 is 18.2 Å². The Morgan fingerprint density at radius 3 is 2.32 bits per heavy atom. The van der Waals surface area contributed by atoms with Gasteiger partial charge in [-0.15, -0.1) is 0 Å². The highest BCUT2D eigenvalue weighted by Gasteiger charge is 2.38. The molecule has 34 heavy (non-hydrogen) atoms. The van der Waals surface area contributed by atoms with Gasteiger partial charge in [0.25, 0.3) is 0 Å². The van der Waals surface area contributed by atoms with Crippen LogP contribution in [-0.2, 0) is 16.0 Å². The minimum absolute atomic E-state index is 0.108. The van der Waals surface area contributed by atoms with Crippen LogP contribution < -0.4 is 10.6 Å². The second-order valence-electron chi connectivity index (χ2n) is 7.44. The number of halogens is 3. The second kappa shape index (κ2) is 12.3. The number of amides is 1. The molecule has 1 aromatic carbocycles. The summed E-state index contributed by atoms with van der Waals surface area (Å²) in [6.07, 6.45) is -0.0188. The lowest BCUT2D eigenvalue weighted by Crippen LogP contribution is -2.49. The molecule has 1 amide bonds. The van der Waals surface area contributed by atoms with Gasteiger partial charge >= 0.3 is 12.1 Å². The van der Waals surface area contributed by atoms with E-state index in [1.54, 1.807) is 18.3 Å². The van der Waals surface area contributed by atoms with Crippen molar-refractivity contribution >= 4 is 11.9 Å². The van der Waals surface area contributed by atoms with Gasteiger partial charge in [0.1, 0.15) is 6.04 Å². The maximum Gasteiger partial charge on any atom is 0.490 e. The molecule has 2 atom stereocenters. The van der Waals surface area contributed by atoms with Gasteiger partial charge < -0.3 is 15.7 Å². The Balaban J connectivity index is 0.000000509. The van der Waals surface area contributed by atoms with Crippen LogP contribution in [0.1, 0.15) is 30.4 Å². The van der Waals surface area contributed by atoms with Crippen LogP contribution in [0.4, 0.5) is 13.2 Å². The molecule has 3 rings (SSSR count). The van der Waals surface area contributed by atoms with Crippen molar-refractivity contribution in [2.24, 2.45) is 0 Å². The van der Waals surface area contributed by atoms with Crippen LogP contribution in [-0.4, -0.2) is 46.8 Å². The van der Waals surface area contributed by atoms with Gasteiger partial charge in [0.15, 0.2) is 0 Å². The highest BCUT2D eigenvalue weighted by Crippen LogP contribution is 2.18. The minimum atomic E-state index is -5.08. The average Bonchev–Trinajstić information content (AvgIpc) is 2.84. The van der Waals surface area contributed by atoms with E-state index in [-0.39, 0.29) is 11.9 Å². The summed E-state index contributed by atoms with van der Waals surface area (Å²) in [7, 11) is 0. The van der Waals surface area contributed by atoms with Crippen molar-refractivity contribution in [3.63, 3.8) is 0 Å². The number of pyridine rings is 1. The third-order valence-corrected chi connectivity index (χ3v) is 4.92. The van der Waals surface area contributed by atoms with Crippen LogP contribution in [0.5, 0.6) is 0 Å². The fourth-order valence-electron chi connectivity index (χ4n) is 3.14. The lowest BCUT2D eigenvalue weighted by molar-refractivity contribution is -0.192. The molecule has 0 unspecified atom stereocenters. The number of nitrogens with one attached hydrogen (secondary N) is 2. The predicted molar refractivity (Wildman–Crippen MR) is 115 cm³/mol. The highest BCUT2D eigenvalue weighted by atomic mass is 19.4. The molecule has 8 nitrogen and oxygen atoms in total. The van der Waals surface area contributed by atoms with E-state index in [0.717, 1.165) is 42.6 Å². The molecule has 1 aliphatic heterocycles.